The summed E-state index contributed by atoms with van der Waals surface area (Å²) in [5.74, 6) is 0.180. The molecule has 1 aliphatic rings. The van der Waals surface area contributed by atoms with Crippen LogP contribution in [0.3, 0.4) is 0 Å². The van der Waals surface area contributed by atoms with E-state index in [0.29, 0.717) is 30.9 Å². The second kappa shape index (κ2) is 7.79. The average Bonchev–Trinajstić information content (AvgIpc) is 2.50. The van der Waals surface area contributed by atoms with Gasteiger partial charge < -0.3 is 20.5 Å². The highest BCUT2D eigenvalue weighted by Crippen LogP contribution is 2.18. The number of nitrogens with one attached hydrogen (secondary N) is 1. The summed E-state index contributed by atoms with van der Waals surface area (Å²) in [4.78, 5) is 22.8. The molecule has 1 heterocycles. The van der Waals surface area contributed by atoms with E-state index in [4.69, 9.17) is 15.2 Å². The Hall–Kier alpha value is -2.08. The van der Waals surface area contributed by atoms with Gasteiger partial charge in [-0.25, -0.2) is 0 Å². The molecule has 6 nitrogen and oxygen atoms in total. The molecule has 0 aromatic heterocycles. The molecule has 6 heteroatoms. The second-order valence-electron chi connectivity index (χ2n) is 5.33. The zero-order valence-electron chi connectivity index (χ0n) is 12.7. The van der Waals surface area contributed by atoms with Crippen molar-refractivity contribution in [2.45, 2.75) is 38.3 Å². The van der Waals surface area contributed by atoms with Crippen molar-refractivity contribution in [1.82, 2.24) is 5.32 Å². The van der Waals surface area contributed by atoms with Gasteiger partial charge in [0.25, 0.3) is 0 Å². The van der Waals surface area contributed by atoms with Crippen molar-refractivity contribution < 1.29 is 19.1 Å². The minimum atomic E-state index is -0.475. The first kappa shape index (κ1) is 16.3. The maximum Gasteiger partial charge on any atom is 0.248 e. The summed E-state index contributed by atoms with van der Waals surface area (Å²) in [7, 11) is 0. The molecule has 0 saturated carbocycles. The van der Waals surface area contributed by atoms with Crippen LogP contribution in [0, 0.1) is 0 Å². The molecule has 0 spiro atoms. The molecule has 22 heavy (non-hydrogen) atoms. The van der Waals surface area contributed by atoms with Gasteiger partial charge in [0, 0.05) is 18.6 Å². The summed E-state index contributed by atoms with van der Waals surface area (Å²) in [5.41, 5.74) is 5.64. The lowest BCUT2D eigenvalue weighted by Crippen LogP contribution is -2.51. The number of nitrogens with two attached hydrogens (primary N) is 1. The first-order chi connectivity index (χ1) is 10.6. The fraction of sp³-hybridized carbons (Fsp3) is 0.500. The highest BCUT2D eigenvalue weighted by molar-refractivity contribution is 5.92. The lowest BCUT2D eigenvalue weighted by atomic mass is 10.1. The molecule has 3 N–H and O–H groups in total. The third-order valence-corrected chi connectivity index (χ3v) is 3.55. The van der Waals surface area contributed by atoms with E-state index in [1.54, 1.807) is 24.3 Å². The molecule has 1 saturated heterocycles. The molecule has 0 bridgehead atoms. The molecule has 1 aromatic rings. The number of rotatable bonds is 6. The van der Waals surface area contributed by atoms with E-state index in [1.807, 2.05) is 6.92 Å². The van der Waals surface area contributed by atoms with Gasteiger partial charge in [0.15, 0.2) is 0 Å². The Balaban J connectivity index is 1.98. The minimum absolute atomic E-state index is 0.0343. The van der Waals surface area contributed by atoms with Crippen LogP contribution in [0.25, 0.3) is 0 Å². The van der Waals surface area contributed by atoms with E-state index < -0.39 is 5.91 Å². The average molecular weight is 306 g/mol. The van der Waals surface area contributed by atoms with Gasteiger partial charge in [-0.05, 0) is 37.1 Å². The first-order valence-corrected chi connectivity index (χ1v) is 7.53. The predicted molar refractivity (Wildman–Crippen MR) is 81.7 cm³/mol. The number of carbonyl (C=O) groups is 2. The van der Waals surface area contributed by atoms with E-state index in [0.717, 1.165) is 12.8 Å². The number of primary amides is 1. The molecule has 0 radical (unpaired) electrons. The molecule has 0 aliphatic carbocycles. The maximum absolute atomic E-state index is 11.8. The van der Waals surface area contributed by atoms with Crippen molar-refractivity contribution in [2.75, 3.05) is 13.2 Å². The second-order valence-corrected chi connectivity index (χ2v) is 5.33. The molecule has 120 valence electrons. The van der Waals surface area contributed by atoms with Gasteiger partial charge in [0.2, 0.25) is 11.8 Å². The van der Waals surface area contributed by atoms with Crippen LogP contribution in [0.2, 0.25) is 0 Å². The standard InChI is InChI=1S/C16H22N2O4/c1-2-3-15(19)18-13-8-9-21-10-14(13)22-12-6-4-11(5-7-12)16(17)20/h4-7,13-14H,2-3,8-10H2,1H3,(H2,17,20)(H,18,19). The molecule has 2 unspecified atom stereocenters. The highest BCUT2D eigenvalue weighted by Gasteiger charge is 2.28. The van der Waals surface area contributed by atoms with Gasteiger partial charge in [-0.1, -0.05) is 6.92 Å². The Morgan fingerprint density at radius 3 is 2.73 bits per heavy atom. The molecule has 2 atom stereocenters. The van der Waals surface area contributed by atoms with Gasteiger partial charge in [-0.3, -0.25) is 9.59 Å². The van der Waals surface area contributed by atoms with Crippen molar-refractivity contribution in [3.8, 4) is 5.75 Å². The van der Waals surface area contributed by atoms with Crippen LogP contribution in [-0.2, 0) is 9.53 Å². The topological polar surface area (TPSA) is 90.7 Å². The van der Waals surface area contributed by atoms with Crippen LogP contribution in [0.4, 0.5) is 0 Å². The Morgan fingerprint density at radius 2 is 2.09 bits per heavy atom. The SMILES string of the molecule is CCCC(=O)NC1CCOCC1Oc1ccc(C(N)=O)cc1. The van der Waals surface area contributed by atoms with Gasteiger partial charge >= 0.3 is 0 Å². The zero-order chi connectivity index (χ0) is 15.9. The van der Waals surface area contributed by atoms with Crippen LogP contribution in [-0.4, -0.2) is 37.2 Å². The number of hydrogen-bond donors (Lipinski definition) is 2. The summed E-state index contributed by atoms with van der Waals surface area (Å²) >= 11 is 0. The molecule has 2 rings (SSSR count). The summed E-state index contributed by atoms with van der Waals surface area (Å²) < 4.78 is 11.3. The van der Waals surface area contributed by atoms with Crippen molar-refractivity contribution in [2.24, 2.45) is 5.73 Å². The number of hydrogen-bond acceptors (Lipinski definition) is 4. The molecular formula is C16H22N2O4. The van der Waals surface area contributed by atoms with Crippen LogP contribution in [0.5, 0.6) is 5.75 Å². The normalized spacial score (nSPS) is 21.1. The largest absolute Gasteiger partial charge is 0.486 e. The summed E-state index contributed by atoms with van der Waals surface area (Å²) in [6.45, 7) is 3.00. The zero-order valence-corrected chi connectivity index (χ0v) is 12.7. The third-order valence-electron chi connectivity index (χ3n) is 3.55. The summed E-state index contributed by atoms with van der Waals surface area (Å²) in [6, 6.07) is 6.56. The smallest absolute Gasteiger partial charge is 0.248 e. The Labute approximate surface area is 130 Å². The van der Waals surface area contributed by atoms with Gasteiger partial charge in [0.05, 0.1) is 12.6 Å². The Morgan fingerprint density at radius 1 is 1.36 bits per heavy atom. The van der Waals surface area contributed by atoms with Crippen molar-refractivity contribution in [1.29, 1.82) is 0 Å². The van der Waals surface area contributed by atoms with Crippen LogP contribution in [0.15, 0.2) is 24.3 Å². The lowest BCUT2D eigenvalue weighted by molar-refractivity contribution is -0.124. The maximum atomic E-state index is 11.8. The minimum Gasteiger partial charge on any atom is -0.486 e. The van der Waals surface area contributed by atoms with Crippen molar-refractivity contribution in [3.05, 3.63) is 29.8 Å². The monoisotopic (exact) mass is 306 g/mol. The summed E-state index contributed by atoms with van der Waals surface area (Å²) in [5, 5.41) is 3.00. The van der Waals surface area contributed by atoms with E-state index in [2.05, 4.69) is 5.32 Å². The molecule has 1 aliphatic heterocycles. The third kappa shape index (κ3) is 4.46. The number of amides is 2. The predicted octanol–water partition coefficient (Wildman–Crippen LogP) is 1.24. The lowest BCUT2D eigenvalue weighted by Gasteiger charge is -2.32. The van der Waals surface area contributed by atoms with E-state index in [1.165, 1.54) is 0 Å². The number of ether oxygens (including phenoxy) is 2. The number of carbonyl (C=O) groups excluding carboxylic acids is 2. The van der Waals surface area contributed by atoms with E-state index in [-0.39, 0.29) is 18.1 Å². The quantitative estimate of drug-likeness (QED) is 0.827. The van der Waals surface area contributed by atoms with Gasteiger partial charge in [-0.2, -0.15) is 0 Å². The fourth-order valence-electron chi connectivity index (χ4n) is 2.37. The highest BCUT2D eigenvalue weighted by atomic mass is 16.5. The van der Waals surface area contributed by atoms with E-state index in [9.17, 15) is 9.59 Å². The van der Waals surface area contributed by atoms with Crippen LogP contribution >= 0.6 is 0 Å². The molecular weight excluding hydrogens is 284 g/mol. The van der Waals surface area contributed by atoms with Crippen molar-refractivity contribution >= 4 is 11.8 Å². The Bertz CT molecular complexity index is 515. The fourth-order valence-corrected chi connectivity index (χ4v) is 2.37. The van der Waals surface area contributed by atoms with Crippen LogP contribution < -0.4 is 15.8 Å². The number of benzene rings is 1. The summed E-state index contributed by atoms with van der Waals surface area (Å²) in [6.07, 6.45) is 1.81. The molecule has 1 fully saturated rings. The molecule has 1 aromatic carbocycles. The first-order valence-electron chi connectivity index (χ1n) is 7.53. The van der Waals surface area contributed by atoms with Crippen LogP contribution in [0.1, 0.15) is 36.5 Å². The van der Waals surface area contributed by atoms with Gasteiger partial charge in [0.1, 0.15) is 11.9 Å². The van der Waals surface area contributed by atoms with Gasteiger partial charge in [-0.15, -0.1) is 0 Å². The van der Waals surface area contributed by atoms with E-state index >= 15 is 0 Å². The Kier molecular flexibility index (Phi) is 5.77. The van der Waals surface area contributed by atoms with Crippen molar-refractivity contribution in [3.63, 3.8) is 0 Å². The molecule has 2 amide bonds.